The van der Waals surface area contributed by atoms with Crippen LogP contribution >= 0.6 is 0 Å². The lowest BCUT2D eigenvalue weighted by atomic mass is 10.1. The number of ether oxygens (including phenoxy) is 2. The summed E-state index contributed by atoms with van der Waals surface area (Å²) in [5, 5.41) is 4.28. The number of hydrogen-bond donors (Lipinski definition) is 0. The zero-order chi connectivity index (χ0) is 20.9. The molecule has 2 aromatic rings. The van der Waals surface area contributed by atoms with Crippen molar-refractivity contribution in [3.63, 3.8) is 0 Å². The molecule has 1 amide bonds. The summed E-state index contributed by atoms with van der Waals surface area (Å²) >= 11 is 0. The van der Waals surface area contributed by atoms with Gasteiger partial charge in [0.05, 0.1) is 24.8 Å². The third-order valence-corrected chi connectivity index (χ3v) is 6.06. The first-order valence-corrected chi connectivity index (χ1v) is 10.3. The summed E-state index contributed by atoms with van der Waals surface area (Å²) in [4.78, 5) is 24.4. The van der Waals surface area contributed by atoms with E-state index in [1.165, 1.54) is 11.2 Å². The lowest BCUT2D eigenvalue weighted by molar-refractivity contribution is 0.00202. The summed E-state index contributed by atoms with van der Waals surface area (Å²) in [6.45, 7) is 5.66. The Bertz CT molecular complexity index is 962. The van der Waals surface area contributed by atoms with E-state index in [2.05, 4.69) is 20.0 Å². The molecular weight excluding hydrogens is 391 g/mol. The van der Waals surface area contributed by atoms with Crippen molar-refractivity contribution in [2.75, 3.05) is 24.5 Å². The average molecular weight is 416 g/mol. The van der Waals surface area contributed by atoms with Crippen LogP contribution in [-0.4, -0.2) is 68.3 Å². The lowest BCUT2D eigenvalue weighted by Crippen LogP contribution is -2.50. The Hall–Kier alpha value is -2.91. The first-order chi connectivity index (χ1) is 14.4. The number of anilines is 2. The maximum Gasteiger partial charge on any atom is 0.410 e. The third kappa shape index (κ3) is 3.44. The molecule has 1 aliphatic carbocycles. The van der Waals surface area contributed by atoms with Gasteiger partial charge in [-0.1, -0.05) is 0 Å². The first-order valence-electron chi connectivity index (χ1n) is 10.3. The maximum atomic E-state index is 14.8. The average Bonchev–Trinajstić information content (AvgIpc) is 3.11. The molecule has 0 unspecified atom stereocenters. The van der Waals surface area contributed by atoms with Crippen LogP contribution in [0.4, 0.5) is 20.8 Å². The van der Waals surface area contributed by atoms with Gasteiger partial charge in [-0.05, 0) is 26.7 Å². The minimum atomic E-state index is -1.32. The van der Waals surface area contributed by atoms with E-state index in [-0.39, 0.29) is 12.1 Å². The van der Waals surface area contributed by atoms with Gasteiger partial charge in [0.1, 0.15) is 29.7 Å². The molecule has 160 valence electrons. The summed E-state index contributed by atoms with van der Waals surface area (Å²) in [7, 11) is 0. The van der Waals surface area contributed by atoms with E-state index in [1.807, 2.05) is 24.6 Å². The molecule has 9 nitrogen and oxygen atoms in total. The Kier molecular flexibility index (Phi) is 4.52. The van der Waals surface area contributed by atoms with Gasteiger partial charge in [0.25, 0.3) is 0 Å². The van der Waals surface area contributed by atoms with Crippen LogP contribution in [-0.2, 0) is 11.3 Å². The second kappa shape index (κ2) is 7.10. The number of amides is 1. The van der Waals surface area contributed by atoms with Crippen molar-refractivity contribution in [1.82, 2.24) is 24.6 Å². The highest BCUT2D eigenvalue weighted by Gasteiger charge is 2.44. The number of nitrogens with zero attached hydrogens (tertiary/aromatic N) is 6. The Morgan fingerprint density at radius 1 is 1.27 bits per heavy atom. The van der Waals surface area contributed by atoms with Gasteiger partial charge in [-0.25, -0.2) is 23.8 Å². The van der Waals surface area contributed by atoms with Crippen molar-refractivity contribution in [2.24, 2.45) is 0 Å². The van der Waals surface area contributed by atoms with Crippen molar-refractivity contribution < 1.29 is 18.7 Å². The van der Waals surface area contributed by atoms with Gasteiger partial charge in [0.15, 0.2) is 6.17 Å². The van der Waals surface area contributed by atoms with Crippen molar-refractivity contribution >= 4 is 17.7 Å². The second-order valence-corrected chi connectivity index (χ2v) is 8.42. The maximum absolute atomic E-state index is 14.8. The number of alkyl halides is 1. The topological polar surface area (TPSA) is 85.6 Å². The molecule has 0 radical (unpaired) electrons. The predicted octanol–water partition coefficient (Wildman–Crippen LogP) is 2.61. The first kappa shape index (κ1) is 19.1. The lowest BCUT2D eigenvalue weighted by Gasteiger charge is -2.34. The van der Waals surface area contributed by atoms with Crippen molar-refractivity contribution in [2.45, 2.75) is 57.5 Å². The molecule has 0 aromatic carbocycles. The Morgan fingerprint density at radius 3 is 2.87 bits per heavy atom. The van der Waals surface area contributed by atoms with Crippen LogP contribution in [0.3, 0.4) is 0 Å². The standard InChI is InChI=1S/C20H25FN6O3/c1-13-17(26-9-10-27-16(26)3-7-24-27)22-12-23-18(13)29-15-4-8-25(11-14(15)21)19(28)30-20(2)5-6-20/h3,7,12,14-15H,4-6,8-11H2,1-2H3/t14-,15+/m1/s1. The SMILES string of the molecule is Cc1c(O[C@H]2CCN(C(=O)OC3(C)CC3)C[C@H]2F)ncnc1N1CCn2nccc21. The zero-order valence-corrected chi connectivity index (χ0v) is 17.1. The Balaban J connectivity index is 1.26. The fraction of sp³-hybridized carbons (Fsp3) is 0.600. The summed E-state index contributed by atoms with van der Waals surface area (Å²) in [6, 6.07) is 1.93. The van der Waals surface area contributed by atoms with Crippen LogP contribution in [0.2, 0.25) is 0 Å². The van der Waals surface area contributed by atoms with Crippen LogP contribution in [0.1, 0.15) is 31.7 Å². The minimum Gasteiger partial charge on any atom is -0.471 e. The summed E-state index contributed by atoms with van der Waals surface area (Å²) in [5.74, 6) is 2.06. The number of hydrogen-bond acceptors (Lipinski definition) is 7. The predicted molar refractivity (Wildman–Crippen MR) is 106 cm³/mol. The summed E-state index contributed by atoms with van der Waals surface area (Å²) < 4.78 is 28.2. The molecule has 2 atom stereocenters. The Labute approximate surface area is 173 Å². The van der Waals surface area contributed by atoms with Crippen LogP contribution in [0.15, 0.2) is 18.6 Å². The molecule has 0 bridgehead atoms. The molecular formula is C20H25FN6O3. The second-order valence-electron chi connectivity index (χ2n) is 8.42. The molecule has 5 rings (SSSR count). The molecule has 1 saturated carbocycles. The van der Waals surface area contributed by atoms with Crippen LogP contribution in [0.5, 0.6) is 5.88 Å². The van der Waals surface area contributed by atoms with Gasteiger partial charge in [-0.15, -0.1) is 0 Å². The zero-order valence-electron chi connectivity index (χ0n) is 17.1. The van der Waals surface area contributed by atoms with E-state index >= 15 is 0 Å². The molecule has 3 aliphatic rings. The van der Waals surface area contributed by atoms with Gasteiger partial charge in [0, 0.05) is 25.6 Å². The molecule has 2 aliphatic heterocycles. The molecule has 30 heavy (non-hydrogen) atoms. The molecule has 1 saturated heterocycles. The van der Waals surface area contributed by atoms with E-state index in [4.69, 9.17) is 9.47 Å². The minimum absolute atomic E-state index is 0.0398. The molecule has 2 aromatic heterocycles. The number of carbonyl (C=O) groups is 1. The molecule has 4 heterocycles. The van der Waals surface area contributed by atoms with Crippen molar-refractivity contribution in [1.29, 1.82) is 0 Å². The fourth-order valence-corrected chi connectivity index (χ4v) is 3.95. The van der Waals surface area contributed by atoms with E-state index in [0.29, 0.717) is 18.8 Å². The van der Waals surface area contributed by atoms with E-state index < -0.39 is 18.4 Å². The van der Waals surface area contributed by atoms with Gasteiger partial charge in [-0.2, -0.15) is 5.10 Å². The van der Waals surface area contributed by atoms with E-state index in [0.717, 1.165) is 43.1 Å². The van der Waals surface area contributed by atoms with Crippen molar-refractivity contribution in [3.8, 4) is 5.88 Å². The highest BCUT2D eigenvalue weighted by Crippen LogP contribution is 2.39. The smallest absolute Gasteiger partial charge is 0.410 e. The van der Waals surface area contributed by atoms with E-state index in [1.54, 1.807) is 6.20 Å². The van der Waals surface area contributed by atoms with Crippen LogP contribution in [0.25, 0.3) is 0 Å². The Morgan fingerprint density at radius 2 is 2.10 bits per heavy atom. The van der Waals surface area contributed by atoms with Crippen LogP contribution < -0.4 is 9.64 Å². The van der Waals surface area contributed by atoms with Gasteiger partial charge >= 0.3 is 6.09 Å². The normalized spacial score (nSPS) is 24.5. The largest absolute Gasteiger partial charge is 0.471 e. The third-order valence-electron chi connectivity index (χ3n) is 6.06. The fourth-order valence-electron chi connectivity index (χ4n) is 3.95. The van der Waals surface area contributed by atoms with Crippen LogP contribution in [0, 0.1) is 6.92 Å². The molecule has 10 heteroatoms. The summed E-state index contributed by atoms with van der Waals surface area (Å²) in [5.41, 5.74) is 0.387. The number of likely N-dealkylation sites (tertiary alicyclic amines) is 1. The van der Waals surface area contributed by atoms with Crippen molar-refractivity contribution in [3.05, 3.63) is 24.2 Å². The number of piperidine rings is 1. The quantitative estimate of drug-likeness (QED) is 0.757. The number of carbonyl (C=O) groups excluding carboxylic acids is 1. The van der Waals surface area contributed by atoms with E-state index in [9.17, 15) is 9.18 Å². The highest BCUT2D eigenvalue weighted by molar-refractivity contribution is 5.68. The van der Waals surface area contributed by atoms with Gasteiger partial charge in [-0.3, -0.25) is 0 Å². The number of fused-ring (bicyclic) bond motifs is 1. The number of aromatic nitrogens is 4. The van der Waals surface area contributed by atoms with Gasteiger partial charge < -0.3 is 19.3 Å². The number of rotatable bonds is 4. The summed E-state index contributed by atoms with van der Waals surface area (Å²) in [6.07, 6.45) is 2.87. The molecule has 0 spiro atoms. The number of halogens is 1. The highest BCUT2D eigenvalue weighted by atomic mass is 19.1. The van der Waals surface area contributed by atoms with Gasteiger partial charge in [0.2, 0.25) is 5.88 Å². The monoisotopic (exact) mass is 416 g/mol. The molecule has 2 fully saturated rings. The molecule has 0 N–H and O–H groups in total.